The molecule has 3 aromatic rings. The second kappa shape index (κ2) is 7.77. The van der Waals surface area contributed by atoms with Crippen LogP contribution in [0.3, 0.4) is 0 Å². The van der Waals surface area contributed by atoms with E-state index in [-0.39, 0.29) is 17.8 Å². The highest BCUT2D eigenvalue weighted by molar-refractivity contribution is 5.93. The summed E-state index contributed by atoms with van der Waals surface area (Å²) in [6.07, 6.45) is 0. The molecular weight excluding hydrogens is 363 g/mol. The minimum Gasteiger partial charge on any atom is -0.378 e. The lowest BCUT2D eigenvalue weighted by molar-refractivity contribution is -0.117. The highest BCUT2D eigenvalue weighted by Crippen LogP contribution is 2.22. The smallest absolute Gasteiger partial charge is 0.275 e. The summed E-state index contributed by atoms with van der Waals surface area (Å²) in [4.78, 5) is 27.3. The molecule has 2 heterocycles. The van der Waals surface area contributed by atoms with Crippen LogP contribution in [0, 0.1) is 5.82 Å². The van der Waals surface area contributed by atoms with Crippen LogP contribution in [0.15, 0.2) is 53.3 Å². The monoisotopic (exact) mass is 382 g/mol. The molecule has 0 unspecified atom stereocenters. The molecule has 1 aliphatic rings. The number of halogens is 1. The van der Waals surface area contributed by atoms with Gasteiger partial charge in [-0.2, -0.15) is 5.10 Å². The molecule has 4 rings (SSSR count). The van der Waals surface area contributed by atoms with Gasteiger partial charge in [-0.05, 0) is 18.2 Å². The fourth-order valence-corrected chi connectivity index (χ4v) is 3.22. The Bertz CT molecular complexity index is 1080. The number of amides is 1. The van der Waals surface area contributed by atoms with E-state index < -0.39 is 11.7 Å². The molecule has 1 fully saturated rings. The molecule has 0 radical (unpaired) electrons. The van der Waals surface area contributed by atoms with Crippen molar-refractivity contribution in [1.29, 1.82) is 0 Å². The molecule has 1 saturated heterocycles. The first-order chi connectivity index (χ1) is 13.6. The van der Waals surface area contributed by atoms with Gasteiger partial charge in [0.2, 0.25) is 5.91 Å². The maximum atomic E-state index is 13.8. The summed E-state index contributed by atoms with van der Waals surface area (Å²) in [5, 5.41) is 8.15. The van der Waals surface area contributed by atoms with E-state index in [2.05, 4.69) is 10.4 Å². The van der Waals surface area contributed by atoms with Crippen molar-refractivity contribution >= 4 is 28.2 Å². The van der Waals surface area contributed by atoms with Crippen LogP contribution in [-0.2, 0) is 16.1 Å². The number of morpholine rings is 1. The van der Waals surface area contributed by atoms with Crippen LogP contribution in [0.1, 0.15) is 0 Å². The van der Waals surface area contributed by atoms with Crippen molar-refractivity contribution in [2.45, 2.75) is 6.54 Å². The maximum absolute atomic E-state index is 13.8. The number of anilines is 2. The van der Waals surface area contributed by atoms with Crippen LogP contribution in [-0.4, -0.2) is 42.0 Å². The van der Waals surface area contributed by atoms with Crippen molar-refractivity contribution in [1.82, 2.24) is 9.78 Å². The van der Waals surface area contributed by atoms with Crippen LogP contribution in [0.25, 0.3) is 10.8 Å². The Morgan fingerprint density at radius 3 is 2.50 bits per heavy atom. The number of ether oxygens (including phenoxy) is 1. The maximum Gasteiger partial charge on any atom is 0.275 e. The Labute approximate surface area is 160 Å². The molecule has 0 atom stereocenters. The van der Waals surface area contributed by atoms with Gasteiger partial charge in [0, 0.05) is 18.5 Å². The van der Waals surface area contributed by atoms with Gasteiger partial charge in [-0.3, -0.25) is 9.59 Å². The number of para-hydroxylation sites is 1. The average Bonchev–Trinajstić information content (AvgIpc) is 2.72. The van der Waals surface area contributed by atoms with E-state index in [4.69, 9.17) is 4.74 Å². The molecule has 144 valence electrons. The minimum atomic E-state index is -0.538. The summed E-state index contributed by atoms with van der Waals surface area (Å²) in [5.41, 5.74) is -0.300. The number of aromatic nitrogens is 2. The third kappa shape index (κ3) is 3.59. The number of hydrogen-bond acceptors (Lipinski definition) is 5. The fourth-order valence-electron chi connectivity index (χ4n) is 3.22. The van der Waals surface area contributed by atoms with E-state index in [1.54, 1.807) is 18.2 Å². The fraction of sp³-hybridized carbons (Fsp3) is 0.250. The minimum absolute atomic E-state index is 0.0646. The lowest BCUT2D eigenvalue weighted by atomic mass is 10.1. The van der Waals surface area contributed by atoms with Crippen LogP contribution in [0.2, 0.25) is 0 Å². The molecule has 0 bridgehead atoms. The van der Waals surface area contributed by atoms with E-state index in [0.717, 1.165) is 10.1 Å². The normalized spacial score (nSPS) is 14.2. The first-order valence-corrected chi connectivity index (χ1v) is 9.00. The van der Waals surface area contributed by atoms with Crippen molar-refractivity contribution in [3.63, 3.8) is 0 Å². The first kappa shape index (κ1) is 18.1. The molecular formula is C20H19FN4O3. The van der Waals surface area contributed by atoms with Crippen molar-refractivity contribution in [2.24, 2.45) is 0 Å². The Morgan fingerprint density at radius 2 is 1.75 bits per heavy atom. The Hall–Kier alpha value is -3.26. The molecule has 0 saturated carbocycles. The summed E-state index contributed by atoms with van der Waals surface area (Å²) in [6, 6.07) is 13.1. The molecule has 0 aliphatic carbocycles. The zero-order valence-corrected chi connectivity index (χ0v) is 15.1. The number of rotatable bonds is 4. The number of nitrogens with zero attached hydrogens (tertiary/aromatic N) is 3. The molecule has 1 N–H and O–H groups in total. The highest BCUT2D eigenvalue weighted by Gasteiger charge is 2.19. The molecule has 1 aliphatic heterocycles. The molecule has 0 spiro atoms. The average molecular weight is 382 g/mol. The van der Waals surface area contributed by atoms with Crippen LogP contribution in [0.4, 0.5) is 15.9 Å². The molecule has 1 aromatic heterocycles. The van der Waals surface area contributed by atoms with Gasteiger partial charge in [0.05, 0.1) is 24.3 Å². The standard InChI is InChI=1S/C20H19FN4O3/c21-16-7-3-4-8-17(16)22-18(26)13-25-20(27)15-6-2-1-5-14(15)19(23-25)24-9-11-28-12-10-24/h1-8H,9-13H2,(H,22,26). The van der Waals surface area contributed by atoms with Crippen LogP contribution < -0.4 is 15.8 Å². The van der Waals surface area contributed by atoms with Gasteiger partial charge < -0.3 is 15.0 Å². The van der Waals surface area contributed by atoms with Gasteiger partial charge in [0.25, 0.3) is 5.56 Å². The van der Waals surface area contributed by atoms with Crippen molar-refractivity contribution in [2.75, 3.05) is 36.5 Å². The molecule has 2 aromatic carbocycles. The van der Waals surface area contributed by atoms with Crippen molar-refractivity contribution in [3.8, 4) is 0 Å². The van der Waals surface area contributed by atoms with E-state index in [9.17, 15) is 14.0 Å². The first-order valence-electron chi connectivity index (χ1n) is 9.00. The molecule has 28 heavy (non-hydrogen) atoms. The molecule has 1 amide bonds. The number of fused-ring (bicyclic) bond motifs is 1. The van der Waals surface area contributed by atoms with Gasteiger partial charge in [0.15, 0.2) is 5.82 Å². The van der Waals surface area contributed by atoms with Crippen molar-refractivity contribution < 1.29 is 13.9 Å². The number of hydrogen-bond donors (Lipinski definition) is 1. The quantitative estimate of drug-likeness (QED) is 0.747. The second-order valence-electron chi connectivity index (χ2n) is 6.46. The highest BCUT2D eigenvalue weighted by atomic mass is 19.1. The SMILES string of the molecule is O=C(Cn1nc(N2CCOCC2)c2ccccc2c1=O)Nc1ccccc1F. The summed E-state index contributed by atoms with van der Waals surface area (Å²) in [7, 11) is 0. The molecule has 8 heteroatoms. The third-order valence-corrected chi connectivity index (χ3v) is 4.60. The zero-order valence-electron chi connectivity index (χ0n) is 15.1. The summed E-state index contributed by atoms with van der Waals surface area (Å²) in [5.74, 6) is -0.427. The van der Waals surface area contributed by atoms with Gasteiger partial charge in [-0.1, -0.05) is 30.3 Å². The van der Waals surface area contributed by atoms with Gasteiger partial charge in [0.1, 0.15) is 12.4 Å². The second-order valence-corrected chi connectivity index (χ2v) is 6.46. The largest absolute Gasteiger partial charge is 0.378 e. The van der Waals surface area contributed by atoms with Gasteiger partial charge in [-0.15, -0.1) is 0 Å². The Morgan fingerprint density at radius 1 is 1.07 bits per heavy atom. The van der Waals surface area contributed by atoms with Gasteiger partial charge >= 0.3 is 0 Å². The predicted molar refractivity (Wildman–Crippen MR) is 104 cm³/mol. The predicted octanol–water partition coefficient (Wildman–Crippen LogP) is 2.01. The van der Waals surface area contributed by atoms with Gasteiger partial charge in [-0.25, -0.2) is 9.07 Å². The third-order valence-electron chi connectivity index (χ3n) is 4.60. The van der Waals surface area contributed by atoms with E-state index in [1.165, 1.54) is 18.2 Å². The topological polar surface area (TPSA) is 76.5 Å². The zero-order chi connectivity index (χ0) is 19.5. The van der Waals surface area contributed by atoms with E-state index in [1.807, 2.05) is 17.0 Å². The van der Waals surface area contributed by atoms with Crippen molar-refractivity contribution in [3.05, 3.63) is 64.7 Å². The van der Waals surface area contributed by atoms with Crippen LogP contribution in [0.5, 0.6) is 0 Å². The Kier molecular flexibility index (Phi) is 5.03. The number of carbonyl (C=O) groups is 1. The summed E-state index contributed by atoms with van der Waals surface area (Å²) >= 11 is 0. The number of carbonyl (C=O) groups excluding carboxylic acids is 1. The number of nitrogens with one attached hydrogen (secondary N) is 1. The Balaban J connectivity index is 1.68. The summed E-state index contributed by atoms with van der Waals surface area (Å²) < 4.78 is 20.3. The lowest BCUT2D eigenvalue weighted by Gasteiger charge is -2.29. The van der Waals surface area contributed by atoms with E-state index in [0.29, 0.717) is 37.5 Å². The molecule has 7 nitrogen and oxygen atoms in total. The van der Waals surface area contributed by atoms with Crippen LogP contribution >= 0.6 is 0 Å². The van der Waals surface area contributed by atoms with E-state index >= 15 is 0 Å². The number of benzene rings is 2. The summed E-state index contributed by atoms with van der Waals surface area (Å²) in [6.45, 7) is 2.13. The lowest BCUT2D eigenvalue weighted by Crippen LogP contribution is -2.39.